The van der Waals surface area contributed by atoms with Crippen LogP contribution in [0.1, 0.15) is 29.3 Å². The van der Waals surface area contributed by atoms with Crippen molar-refractivity contribution in [3.05, 3.63) is 41.6 Å². The molecular weight excluding hydrogens is 412 g/mol. The second kappa shape index (κ2) is 7.81. The molecule has 2 saturated heterocycles. The van der Waals surface area contributed by atoms with Crippen LogP contribution in [0.3, 0.4) is 0 Å². The molecule has 1 aromatic carbocycles. The van der Waals surface area contributed by atoms with Crippen LogP contribution in [0.4, 0.5) is 0 Å². The number of nitrogens with zero attached hydrogens (tertiary/aromatic N) is 3. The molecule has 3 fully saturated rings. The van der Waals surface area contributed by atoms with Crippen molar-refractivity contribution in [1.82, 2.24) is 15.2 Å². The Morgan fingerprint density at radius 3 is 3.10 bits per heavy atom. The molecule has 1 saturated carbocycles. The maximum absolute atomic E-state index is 13.0. The quantitative estimate of drug-likeness (QED) is 0.790. The summed E-state index contributed by atoms with van der Waals surface area (Å²) in [5.74, 6) is 1.64. The van der Waals surface area contributed by atoms with Crippen molar-refractivity contribution in [2.24, 2.45) is 11.8 Å². The van der Waals surface area contributed by atoms with E-state index in [1.807, 2.05) is 6.07 Å². The fourth-order valence-electron chi connectivity index (χ4n) is 5.29. The van der Waals surface area contributed by atoms with Crippen molar-refractivity contribution in [1.29, 1.82) is 5.26 Å². The van der Waals surface area contributed by atoms with Crippen molar-refractivity contribution in [2.75, 3.05) is 31.4 Å². The Morgan fingerprint density at radius 1 is 1.42 bits per heavy atom. The number of ether oxygens (including phenoxy) is 1. The molecule has 3 aliphatic rings. The highest BCUT2D eigenvalue weighted by Gasteiger charge is 2.63. The number of benzene rings is 1. The lowest BCUT2D eigenvalue weighted by molar-refractivity contribution is -0.129. The Balaban J connectivity index is 1.38. The highest BCUT2D eigenvalue weighted by atomic mass is 32.2. The van der Waals surface area contributed by atoms with E-state index in [9.17, 15) is 14.9 Å². The molecule has 4 atom stereocenters. The van der Waals surface area contributed by atoms with Gasteiger partial charge in [0.2, 0.25) is 5.91 Å². The van der Waals surface area contributed by atoms with Gasteiger partial charge in [-0.05, 0) is 42.0 Å². The topological polar surface area (TPSA) is 95.3 Å². The minimum atomic E-state index is -0.425. The van der Waals surface area contributed by atoms with Gasteiger partial charge in [-0.2, -0.15) is 5.26 Å². The van der Waals surface area contributed by atoms with Gasteiger partial charge in [-0.3, -0.25) is 14.6 Å². The molecule has 160 valence electrons. The summed E-state index contributed by atoms with van der Waals surface area (Å²) >= 11 is 1.55. The van der Waals surface area contributed by atoms with Crippen molar-refractivity contribution < 1.29 is 14.3 Å². The number of nitriles is 1. The summed E-state index contributed by atoms with van der Waals surface area (Å²) in [6, 6.07) is 9.63. The second-order valence-corrected chi connectivity index (χ2v) is 9.54. The molecule has 8 heteroatoms. The molecule has 1 aliphatic carbocycles. The van der Waals surface area contributed by atoms with Gasteiger partial charge >= 0.3 is 0 Å². The summed E-state index contributed by atoms with van der Waals surface area (Å²) in [6.07, 6.45) is 2.62. The van der Waals surface area contributed by atoms with Crippen LogP contribution in [0.25, 0.3) is 10.9 Å². The van der Waals surface area contributed by atoms with Gasteiger partial charge in [0, 0.05) is 29.4 Å². The minimum absolute atomic E-state index is 0.124. The van der Waals surface area contributed by atoms with Crippen LogP contribution < -0.4 is 5.32 Å². The summed E-state index contributed by atoms with van der Waals surface area (Å²) in [7, 11) is 0. The predicted octanol–water partition coefficient (Wildman–Crippen LogP) is 2.31. The van der Waals surface area contributed by atoms with Crippen LogP contribution >= 0.6 is 11.8 Å². The number of carbonyl (C=O) groups excluding carboxylic acids is 2. The zero-order valence-electron chi connectivity index (χ0n) is 17.3. The van der Waals surface area contributed by atoms with Crippen LogP contribution in [-0.2, 0) is 14.9 Å². The first-order chi connectivity index (χ1) is 15.1. The number of hydrogen-bond acceptors (Lipinski definition) is 6. The third-order valence-electron chi connectivity index (χ3n) is 7.20. The van der Waals surface area contributed by atoms with Gasteiger partial charge in [-0.25, -0.2) is 0 Å². The maximum Gasteiger partial charge on any atom is 0.252 e. The molecule has 2 amide bonds. The van der Waals surface area contributed by atoms with E-state index >= 15 is 0 Å². The Morgan fingerprint density at radius 2 is 2.29 bits per heavy atom. The number of amides is 2. The molecule has 31 heavy (non-hydrogen) atoms. The van der Waals surface area contributed by atoms with Crippen molar-refractivity contribution in [2.45, 2.75) is 24.8 Å². The summed E-state index contributed by atoms with van der Waals surface area (Å²) in [4.78, 5) is 31.4. The fourth-order valence-corrected chi connectivity index (χ4v) is 6.39. The number of carbonyl (C=O) groups is 2. The van der Waals surface area contributed by atoms with E-state index in [-0.39, 0.29) is 23.8 Å². The van der Waals surface area contributed by atoms with Gasteiger partial charge in [-0.15, -0.1) is 11.8 Å². The molecular formula is C23H24N4O3S. The number of hydrogen-bond donors (Lipinski definition) is 1. The number of pyridine rings is 1. The van der Waals surface area contributed by atoms with Crippen LogP contribution in [-0.4, -0.2) is 59.1 Å². The zero-order valence-corrected chi connectivity index (χ0v) is 18.2. The van der Waals surface area contributed by atoms with Gasteiger partial charge in [0.1, 0.15) is 6.04 Å². The lowest BCUT2D eigenvalue weighted by Crippen LogP contribution is -2.42. The predicted molar refractivity (Wildman–Crippen MR) is 117 cm³/mol. The van der Waals surface area contributed by atoms with Gasteiger partial charge in [0.15, 0.2) is 0 Å². The number of rotatable bonds is 4. The van der Waals surface area contributed by atoms with Gasteiger partial charge in [0.25, 0.3) is 5.91 Å². The van der Waals surface area contributed by atoms with Crippen molar-refractivity contribution in [3.8, 4) is 6.07 Å². The molecule has 5 rings (SSSR count). The molecule has 1 N–H and O–H groups in total. The monoisotopic (exact) mass is 436 g/mol. The molecule has 0 spiro atoms. The van der Waals surface area contributed by atoms with E-state index in [4.69, 9.17) is 4.74 Å². The van der Waals surface area contributed by atoms with Crippen LogP contribution in [0.2, 0.25) is 0 Å². The molecule has 7 nitrogen and oxygen atoms in total. The Labute approximate surface area is 185 Å². The smallest absolute Gasteiger partial charge is 0.252 e. The number of thioether (sulfide) groups is 1. The Kier molecular flexibility index (Phi) is 5.11. The van der Waals surface area contributed by atoms with E-state index < -0.39 is 6.04 Å². The lowest BCUT2D eigenvalue weighted by atomic mass is 9.86. The van der Waals surface area contributed by atoms with Crippen LogP contribution in [0.5, 0.6) is 0 Å². The van der Waals surface area contributed by atoms with E-state index in [0.717, 1.165) is 30.5 Å². The average molecular weight is 437 g/mol. The Bertz CT molecular complexity index is 1100. The van der Waals surface area contributed by atoms with Gasteiger partial charge < -0.3 is 15.0 Å². The molecule has 3 heterocycles. The van der Waals surface area contributed by atoms with E-state index in [1.54, 1.807) is 24.0 Å². The zero-order chi connectivity index (χ0) is 21.6. The molecule has 0 unspecified atom stereocenters. The van der Waals surface area contributed by atoms with Gasteiger partial charge in [-0.1, -0.05) is 13.0 Å². The fraction of sp³-hybridized carbons (Fsp3) is 0.478. The van der Waals surface area contributed by atoms with E-state index in [1.165, 1.54) is 10.5 Å². The van der Waals surface area contributed by atoms with E-state index in [0.29, 0.717) is 29.0 Å². The number of fused-ring (bicyclic) bond motifs is 2. The standard InChI is InChI=1S/C23H24N4O3S/c1-14-19-11-30-7-5-23(14,19)15-2-3-20-18(8-15)17(4-6-25-20)22(29)26-10-21(28)27-13-31-12-16(27)9-24/h2-4,6,8,14,16,19H,5,7,10-13H2,1H3,(H,26,29)/t14-,16-,19+,23-/m1/s1. The third-order valence-corrected chi connectivity index (χ3v) is 8.21. The van der Waals surface area contributed by atoms with Gasteiger partial charge in [0.05, 0.1) is 36.2 Å². The maximum atomic E-state index is 13.0. The highest BCUT2D eigenvalue weighted by Crippen LogP contribution is 2.63. The first-order valence-electron chi connectivity index (χ1n) is 10.6. The van der Waals surface area contributed by atoms with Crippen molar-refractivity contribution in [3.63, 3.8) is 0 Å². The largest absolute Gasteiger partial charge is 0.381 e. The summed E-state index contributed by atoms with van der Waals surface area (Å²) < 4.78 is 5.67. The molecule has 0 radical (unpaired) electrons. The summed E-state index contributed by atoms with van der Waals surface area (Å²) in [5, 5.41) is 12.7. The first kappa shape index (κ1) is 20.3. The molecule has 0 bridgehead atoms. The average Bonchev–Trinajstić information content (AvgIpc) is 3.17. The summed E-state index contributed by atoms with van der Waals surface area (Å²) in [6.45, 7) is 3.71. The number of aromatic nitrogens is 1. The Hall–Kier alpha value is -2.63. The second-order valence-electron chi connectivity index (χ2n) is 8.54. The first-order valence-corrected chi connectivity index (χ1v) is 11.7. The minimum Gasteiger partial charge on any atom is -0.381 e. The molecule has 2 aromatic rings. The molecule has 2 aliphatic heterocycles. The highest BCUT2D eigenvalue weighted by molar-refractivity contribution is 7.99. The summed E-state index contributed by atoms with van der Waals surface area (Å²) in [5.41, 5.74) is 2.65. The SMILES string of the molecule is C[C@@H]1[C@@H]2COCC[C@]12c1ccc2nccc(C(=O)NCC(=O)N3CSC[C@H]3C#N)c2c1. The third kappa shape index (κ3) is 3.27. The van der Waals surface area contributed by atoms with Crippen LogP contribution in [0.15, 0.2) is 30.5 Å². The van der Waals surface area contributed by atoms with E-state index in [2.05, 4.69) is 35.4 Å². The normalized spacial score (nSPS) is 29.3. The van der Waals surface area contributed by atoms with Crippen molar-refractivity contribution >= 4 is 34.5 Å². The van der Waals surface area contributed by atoms with Crippen LogP contribution in [0, 0.1) is 23.2 Å². The molecule has 1 aromatic heterocycles. The number of nitrogens with one attached hydrogen (secondary N) is 1. The lowest BCUT2D eigenvalue weighted by Gasteiger charge is -2.23.